The van der Waals surface area contributed by atoms with Gasteiger partial charge in [-0.05, 0) is 24.3 Å². The summed E-state index contributed by atoms with van der Waals surface area (Å²) in [5, 5.41) is 9.66. The lowest BCUT2D eigenvalue weighted by atomic mass is 10.2. The van der Waals surface area contributed by atoms with Gasteiger partial charge in [-0.1, -0.05) is 63.6 Å². The number of nitrogens with zero attached hydrogens (tertiary/aromatic N) is 3. The van der Waals surface area contributed by atoms with Crippen LogP contribution in [-0.4, -0.2) is 14.8 Å². The van der Waals surface area contributed by atoms with Gasteiger partial charge in [0.25, 0.3) is 0 Å². The largest absolute Gasteiger partial charge is 0.298 e. The molecule has 0 aliphatic heterocycles. The van der Waals surface area contributed by atoms with Crippen molar-refractivity contribution in [2.75, 3.05) is 0 Å². The molecule has 3 nitrogen and oxygen atoms in total. The molecule has 0 N–H and O–H groups in total. The van der Waals surface area contributed by atoms with E-state index in [9.17, 15) is 4.39 Å². The first-order valence-electron chi connectivity index (χ1n) is 7.46. The zero-order valence-corrected chi connectivity index (χ0v) is 16.3. The van der Waals surface area contributed by atoms with Crippen LogP contribution in [0.2, 0.25) is 5.02 Å². The first kappa shape index (κ1) is 18.2. The third kappa shape index (κ3) is 4.14. The van der Waals surface area contributed by atoms with E-state index >= 15 is 0 Å². The van der Waals surface area contributed by atoms with Gasteiger partial charge in [-0.2, -0.15) is 0 Å². The van der Waals surface area contributed by atoms with Crippen LogP contribution in [0, 0.1) is 5.82 Å². The van der Waals surface area contributed by atoms with Gasteiger partial charge >= 0.3 is 0 Å². The second kappa shape index (κ2) is 8.17. The van der Waals surface area contributed by atoms with Crippen LogP contribution in [-0.2, 0) is 12.3 Å². The number of hydrogen-bond donors (Lipinski definition) is 0. The van der Waals surface area contributed by atoms with Crippen molar-refractivity contribution in [2.24, 2.45) is 0 Å². The first-order valence-corrected chi connectivity index (χ1v) is 9.61. The van der Waals surface area contributed by atoms with E-state index in [2.05, 4.69) is 32.7 Å². The van der Waals surface area contributed by atoms with E-state index in [1.165, 1.54) is 17.8 Å². The second-order valence-electron chi connectivity index (χ2n) is 5.20. The van der Waals surface area contributed by atoms with Gasteiger partial charge in [0.1, 0.15) is 5.82 Å². The highest BCUT2D eigenvalue weighted by Crippen LogP contribution is 2.30. The van der Waals surface area contributed by atoms with Crippen LogP contribution in [0.4, 0.5) is 4.39 Å². The summed E-state index contributed by atoms with van der Waals surface area (Å²) in [4.78, 5) is 0. The number of hydrogen-bond acceptors (Lipinski definition) is 3. The molecule has 0 saturated carbocycles. The maximum Gasteiger partial charge on any atom is 0.192 e. The molecule has 0 radical (unpaired) electrons. The molecule has 0 aliphatic rings. The minimum atomic E-state index is -0.317. The Morgan fingerprint density at radius 1 is 1.20 bits per heavy atom. The predicted octanol–water partition coefficient (Wildman–Crippen LogP) is 5.98. The highest BCUT2D eigenvalue weighted by Gasteiger charge is 2.15. The quantitative estimate of drug-likeness (QED) is 0.350. The molecule has 0 atom stereocenters. The zero-order valence-electron chi connectivity index (χ0n) is 13.1. The van der Waals surface area contributed by atoms with Crippen molar-refractivity contribution >= 4 is 39.3 Å². The van der Waals surface area contributed by atoms with Gasteiger partial charge in [-0.3, -0.25) is 4.57 Å². The molecule has 3 aromatic rings. The van der Waals surface area contributed by atoms with Crippen LogP contribution in [0.15, 0.2) is 64.7 Å². The number of benzene rings is 2. The smallest absolute Gasteiger partial charge is 0.192 e. The molecular weight excluding hydrogens is 425 g/mol. The van der Waals surface area contributed by atoms with Crippen molar-refractivity contribution in [1.82, 2.24) is 14.8 Å². The third-order valence-corrected chi connectivity index (χ3v) is 5.41. The fraction of sp³-hybridized carbons (Fsp3) is 0.111. The number of aromatic nitrogens is 3. The molecule has 0 amide bonds. The second-order valence-corrected chi connectivity index (χ2v) is 7.47. The van der Waals surface area contributed by atoms with Crippen LogP contribution >= 0.6 is 39.3 Å². The number of allylic oxidation sites excluding steroid dienone is 1. The van der Waals surface area contributed by atoms with Crippen LogP contribution in [0.5, 0.6) is 0 Å². The Morgan fingerprint density at radius 3 is 2.64 bits per heavy atom. The van der Waals surface area contributed by atoms with E-state index in [4.69, 9.17) is 11.6 Å². The molecule has 7 heteroatoms. The Kier molecular flexibility index (Phi) is 5.93. The van der Waals surface area contributed by atoms with Crippen molar-refractivity contribution in [3.63, 3.8) is 0 Å². The molecule has 2 aromatic carbocycles. The summed E-state index contributed by atoms with van der Waals surface area (Å²) in [7, 11) is 0. The molecule has 0 unspecified atom stereocenters. The highest BCUT2D eigenvalue weighted by molar-refractivity contribution is 9.10. The van der Waals surface area contributed by atoms with E-state index in [0.29, 0.717) is 28.0 Å². The van der Waals surface area contributed by atoms with Gasteiger partial charge in [0.2, 0.25) is 0 Å². The summed E-state index contributed by atoms with van der Waals surface area (Å²) < 4.78 is 16.9. The number of thioether (sulfide) groups is 1. The Labute approximate surface area is 163 Å². The van der Waals surface area contributed by atoms with Crippen LogP contribution < -0.4 is 0 Å². The fourth-order valence-electron chi connectivity index (χ4n) is 2.31. The molecule has 1 aromatic heterocycles. The molecule has 0 spiro atoms. The zero-order chi connectivity index (χ0) is 17.8. The van der Waals surface area contributed by atoms with Crippen LogP contribution in [0.1, 0.15) is 5.56 Å². The molecular formula is C18H14BrClFN3S. The maximum absolute atomic E-state index is 13.9. The molecule has 128 valence electrons. The average molecular weight is 439 g/mol. The Bertz CT molecular complexity index is 876. The van der Waals surface area contributed by atoms with Gasteiger partial charge in [0, 0.05) is 32.9 Å². The average Bonchev–Trinajstić information content (AvgIpc) is 2.98. The van der Waals surface area contributed by atoms with Crippen molar-refractivity contribution in [3.8, 4) is 11.4 Å². The summed E-state index contributed by atoms with van der Waals surface area (Å²) >= 11 is 10.9. The summed E-state index contributed by atoms with van der Waals surface area (Å²) in [5.41, 5.74) is 1.42. The van der Waals surface area contributed by atoms with E-state index in [-0.39, 0.29) is 5.82 Å². The lowest BCUT2D eigenvalue weighted by Gasteiger charge is -2.09. The summed E-state index contributed by atoms with van der Waals surface area (Å²) in [6.07, 6.45) is 1.78. The van der Waals surface area contributed by atoms with E-state index in [1.807, 2.05) is 28.8 Å². The fourth-order valence-corrected chi connectivity index (χ4v) is 3.86. The summed E-state index contributed by atoms with van der Waals surface area (Å²) in [6, 6.07) is 12.5. The maximum atomic E-state index is 13.9. The van der Waals surface area contributed by atoms with E-state index in [1.54, 1.807) is 18.2 Å². The minimum Gasteiger partial charge on any atom is -0.298 e. The number of rotatable bonds is 6. The summed E-state index contributed by atoms with van der Waals surface area (Å²) in [5.74, 6) is 0.804. The van der Waals surface area contributed by atoms with Crippen LogP contribution in [0.25, 0.3) is 11.4 Å². The topological polar surface area (TPSA) is 30.7 Å². The molecule has 25 heavy (non-hydrogen) atoms. The van der Waals surface area contributed by atoms with Crippen LogP contribution in [0.3, 0.4) is 0 Å². The van der Waals surface area contributed by atoms with Crippen molar-refractivity contribution in [2.45, 2.75) is 17.5 Å². The van der Waals surface area contributed by atoms with Gasteiger partial charge in [0.15, 0.2) is 11.0 Å². The first-order chi connectivity index (χ1) is 12.1. The Balaban J connectivity index is 1.89. The summed E-state index contributed by atoms with van der Waals surface area (Å²) in [6.45, 7) is 4.36. The predicted molar refractivity (Wildman–Crippen MR) is 104 cm³/mol. The third-order valence-electron chi connectivity index (χ3n) is 3.54. The molecule has 0 fully saturated rings. The van der Waals surface area contributed by atoms with Crippen molar-refractivity contribution in [1.29, 1.82) is 0 Å². The standard InChI is InChI=1S/C18H14BrClFN3S/c1-2-10-24-17(12-6-8-13(19)9-7-12)22-23-18(24)25-11-14-15(20)4-3-5-16(14)21/h2-9H,1,10-11H2. The van der Waals surface area contributed by atoms with Gasteiger partial charge < -0.3 is 0 Å². The Hall–Kier alpha value is -1.63. The molecule has 3 rings (SSSR count). The van der Waals surface area contributed by atoms with Crippen molar-refractivity contribution in [3.05, 3.63) is 76.0 Å². The Morgan fingerprint density at radius 2 is 1.96 bits per heavy atom. The van der Waals surface area contributed by atoms with E-state index < -0.39 is 0 Å². The molecule has 0 saturated heterocycles. The lowest BCUT2D eigenvalue weighted by Crippen LogP contribution is -2.01. The highest BCUT2D eigenvalue weighted by atomic mass is 79.9. The van der Waals surface area contributed by atoms with E-state index in [0.717, 1.165) is 15.9 Å². The van der Waals surface area contributed by atoms with Crippen molar-refractivity contribution < 1.29 is 4.39 Å². The lowest BCUT2D eigenvalue weighted by molar-refractivity contribution is 0.617. The minimum absolute atomic E-state index is 0.317. The van der Waals surface area contributed by atoms with Gasteiger partial charge in [0.05, 0.1) is 0 Å². The SMILES string of the molecule is C=CCn1c(SCc2c(F)cccc2Cl)nnc1-c1ccc(Br)cc1. The monoisotopic (exact) mass is 437 g/mol. The normalized spacial score (nSPS) is 10.8. The molecule has 0 aliphatic carbocycles. The molecule has 0 bridgehead atoms. The van der Waals surface area contributed by atoms with Gasteiger partial charge in [-0.15, -0.1) is 16.8 Å². The van der Waals surface area contributed by atoms with Gasteiger partial charge in [-0.25, -0.2) is 4.39 Å². The molecule has 1 heterocycles. The number of halogens is 3.